The van der Waals surface area contributed by atoms with Crippen LogP contribution in [0.4, 0.5) is 5.69 Å². The molecule has 0 saturated carbocycles. The maximum Gasteiger partial charge on any atom is 0.338 e. The van der Waals surface area contributed by atoms with Gasteiger partial charge in [-0.25, -0.2) is 4.79 Å². The van der Waals surface area contributed by atoms with Crippen LogP contribution in [0, 0.1) is 10.1 Å². The Bertz CT molecular complexity index is 445. The molecular formula is C13H17NO6. The first-order chi connectivity index (χ1) is 9.54. The van der Waals surface area contributed by atoms with E-state index in [4.69, 9.17) is 14.9 Å². The van der Waals surface area contributed by atoms with E-state index in [1.807, 2.05) is 0 Å². The molecule has 0 amide bonds. The quantitative estimate of drug-likeness (QED) is 0.322. The van der Waals surface area contributed by atoms with Crippen molar-refractivity contribution in [3.8, 4) is 0 Å². The van der Waals surface area contributed by atoms with Gasteiger partial charge in [-0.2, -0.15) is 0 Å². The summed E-state index contributed by atoms with van der Waals surface area (Å²) in [6.45, 7) is -0.0729. The molecule has 0 saturated heterocycles. The van der Waals surface area contributed by atoms with E-state index < -0.39 is 17.0 Å². The zero-order chi connectivity index (χ0) is 15.0. The highest BCUT2D eigenvalue weighted by Gasteiger charge is 2.10. The zero-order valence-electron chi connectivity index (χ0n) is 10.9. The highest BCUT2D eigenvalue weighted by Crippen LogP contribution is 2.12. The lowest BCUT2D eigenvalue weighted by atomic mass is 10.2. The monoisotopic (exact) mass is 283 g/mol. The Labute approximate surface area is 116 Å². The summed E-state index contributed by atoms with van der Waals surface area (Å²) >= 11 is 0. The van der Waals surface area contributed by atoms with Gasteiger partial charge in [0, 0.05) is 12.1 Å². The molecule has 1 aromatic rings. The number of carbonyl (C=O) groups is 1. The molecule has 0 aromatic heterocycles. The van der Waals surface area contributed by atoms with Gasteiger partial charge >= 0.3 is 5.97 Å². The molecule has 2 N–H and O–H groups in total. The van der Waals surface area contributed by atoms with E-state index in [0.717, 1.165) is 0 Å². The molecule has 0 spiro atoms. The van der Waals surface area contributed by atoms with Crippen molar-refractivity contribution in [2.45, 2.75) is 25.4 Å². The number of nitro benzene ring substituents is 1. The summed E-state index contributed by atoms with van der Waals surface area (Å²) in [5, 5.41) is 28.2. The Balaban J connectivity index is 2.30. The van der Waals surface area contributed by atoms with Crippen LogP contribution in [0.25, 0.3) is 0 Å². The van der Waals surface area contributed by atoms with Crippen molar-refractivity contribution in [1.29, 1.82) is 0 Å². The molecule has 0 bridgehead atoms. The minimum Gasteiger partial charge on any atom is -0.462 e. The van der Waals surface area contributed by atoms with Crippen LogP contribution < -0.4 is 0 Å². The topological polar surface area (TPSA) is 110 Å². The van der Waals surface area contributed by atoms with Crippen LogP contribution in [-0.2, 0) is 4.74 Å². The van der Waals surface area contributed by atoms with E-state index in [2.05, 4.69) is 0 Å². The molecule has 110 valence electrons. The number of aliphatic hydroxyl groups is 2. The fraction of sp³-hybridized carbons (Fsp3) is 0.462. The van der Waals surface area contributed by atoms with Crippen molar-refractivity contribution in [2.24, 2.45) is 0 Å². The van der Waals surface area contributed by atoms with Gasteiger partial charge in [-0.15, -0.1) is 0 Å². The van der Waals surface area contributed by atoms with E-state index in [1.165, 1.54) is 24.3 Å². The molecule has 0 heterocycles. The predicted molar refractivity (Wildman–Crippen MR) is 70.3 cm³/mol. The largest absolute Gasteiger partial charge is 0.462 e. The number of non-ortho nitro benzene ring substituents is 1. The predicted octanol–water partition coefficient (Wildman–Crippen LogP) is 1.28. The van der Waals surface area contributed by atoms with Gasteiger partial charge in [0.1, 0.15) is 0 Å². The number of benzene rings is 1. The molecule has 0 aliphatic rings. The smallest absolute Gasteiger partial charge is 0.338 e. The highest BCUT2D eigenvalue weighted by molar-refractivity contribution is 5.89. The van der Waals surface area contributed by atoms with Gasteiger partial charge in [-0.1, -0.05) is 0 Å². The third-order valence-corrected chi connectivity index (χ3v) is 2.69. The molecule has 0 aliphatic carbocycles. The number of hydrogen-bond donors (Lipinski definition) is 2. The van der Waals surface area contributed by atoms with Gasteiger partial charge in [-0.3, -0.25) is 10.1 Å². The zero-order valence-corrected chi connectivity index (χ0v) is 10.9. The fourth-order valence-corrected chi connectivity index (χ4v) is 1.54. The number of nitro groups is 1. The highest BCUT2D eigenvalue weighted by atomic mass is 16.6. The van der Waals surface area contributed by atoms with Crippen LogP contribution in [0.15, 0.2) is 24.3 Å². The number of ether oxygens (including phenoxy) is 1. The Morgan fingerprint density at radius 3 is 2.50 bits per heavy atom. The van der Waals surface area contributed by atoms with Crippen molar-refractivity contribution in [3.63, 3.8) is 0 Å². The van der Waals surface area contributed by atoms with Crippen LogP contribution in [0.1, 0.15) is 29.6 Å². The van der Waals surface area contributed by atoms with Crippen LogP contribution >= 0.6 is 0 Å². The summed E-state index contributed by atoms with van der Waals surface area (Å²) in [6.07, 6.45) is 0.928. The number of unbranched alkanes of at least 4 members (excludes halogenated alkanes) is 1. The number of carbonyl (C=O) groups excluding carboxylic acids is 1. The number of nitrogens with zero attached hydrogens (tertiary/aromatic N) is 1. The molecule has 7 heteroatoms. The molecule has 20 heavy (non-hydrogen) atoms. The maximum atomic E-state index is 11.6. The summed E-state index contributed by atoms with van der Waals surface area (Å²) < 4.78 is 4.99. The minimum absolute atomic E-state index is 0.0838. The molecule has 1 aromatic carbocycles. The van der Waals surface area contributed by atoms with Gasteiger partial charge in [0.2, 0.25) is 0 Å². The lowest BCUT2D eigenvalue weighted by Gasteiger charge is -2.07. The number of esters is 1. The second kappa shape index (κ2) is 8.23. The van der Waals surface area contributed by atoms with Gasteiger partial charge in [0.25, 0.3) is 5.69 Å². The van der Waals surface area contributed by atoms with Crippen molar-refractivity contribution in [3.05, 3.63) is 39.9 Å². The number of rotatable bonds is 8. The van der Waals surface area contributed by atoms with Gasteiger partial charge in [0.15, 0.2) is 0 Å². The van der Waals surface area contributed by atoms with E-state index in [1.54, 1.807) is 0 Å². The SMILES string of the molecule is O=C(OCCCCC(O)CO)c1ccc([N+](=O)[O-])cc1. The molecule has 7 nitrogen and oxygen atoms in total. The van der Waals surface area contributed by atoms with Crippen molar-refractivity contribution in [2.75, 3.05) is 13.2 Å². The summed E-state index contributed by atoms with van der Waals surface area (Å²) in [5.41, 5.74) is 0.172. The standard InChI is InChI=1S/C13H17NO6/c15-9-12(16)3-1-2-8-20-13(17)10-4-6-11(7-5-10)14(18)19/h4-7,12,15-16H,1-3,8-9H2. The van der Waals surface area contributed by atoms with Crippen LogP contribution in [0.2, 0.25) is 0 Å². The molecule has 1 rings (SSSR count). The van der Waals surface area contributed by atoms with Crippen molar-refractivity contribution in [1.82, 2.24) is 0 Å². The van der Waals surface area contributed by atoms with Crippen molar-refractivity contribution >= 4 is 11.7 Å². The summed E-state index contributed by atoms with van der Waals surface area (Å²) in [4.78, 5) is 21.5. The van der Waals surface area contributed by atoms with Gasteiger partial charge in [-0.05, 0) is 31.4 Å². The lowest BCUT2D eigenvalue weighted by molar-refractivity contribution is -0.384. The van der Waals surface area contributed by atoms with Gasteiger partial charge in [0.05, 0.1) is 29.8 Å². The normalized spacial score (nSPS) is 11.9. The molecule has 0 aliphatic heterocycles. The number of hydrogen-bond acceptors (Lipinski definition) is 6. The second-order valence-electron chi connectivity index (χ2n) is 4.27. The van der Waals surface area contributed by atoms with E-state index in [-0.39, 0.29) is 24.5 Å². The molecule has 0 fully saturated rings. The maximum absolute atomic E-state index is 11.6. The minimum atomic E-state index is -0.736. The van der Waals surface area contributed by atoms with Crippen LogP contribution in [0.5, 0.6) is 0 Å². The Morgan fingerprint density at radius 1 is 1.30 bits per heavy atom. The first-order valence-electron chi connectivity index (χ1n) is 6.25. The first kappa shape index (κ1) is 16.1. The fourth-order valence-electron chi connectivity index (χ4n) is 1.54. The molecule has 0 radical (unpaired) electrons. The summed E-state index contributed by atoms with van der Waals surface area (Å²) in [7, 11) is 0. The Morgan fingerprint density at radius 2 is 1.95 bits per heavy atom. The second-order valence-corrected chi connectivity index (χ2v) is 4.27. The van der Waals surface area contributed by atoms with Crippen molar-refractivity contribution < 1.29 is 24.7 Å². The number of aliphatic hydroxyl groups excluding tert-OH is 2. The molecular weight excluding hydrogens is 266 g/mol. The average Bonchev–Trinajstić information content (AvgIpc) is 2.46. The molecule has 1 atom stereocenters. The Hall–Kier alpha value is -1.99. The lowest BCUT2D eigenvalue weighted by Crippen LogP contribution is -2.12. The summed E-state index contributed by atoms with van der Waals surface area (Å²) in [5.74, 6) is -0.539. The molecule has 1 unspecified atom stereocenters. The third-order valence-electron chi connectivity index (χ3n) is 2.69. The van der Waals surface area contributed by atoms with Gasteiger partial charge < -0.3 is 14.9 Å². The average molecular weight is 283 g/mol. The third kappa shape index (κ3) is 5.33. The first-order valence-corrected chi connectivity index (χ1v) is 6.25. The van der Waals surface area contributed by atoms with Crippen LogP contribution in [0.3, 0.4) is 0 Å². The summed E-state index contributed by atoms with van der Waals surface area (Å²) in [6, 6.07) is 5.17. The van der Waals surface area contributed by atoms with E-state index >= 15 is 0 Å². The van der Waals surface area contributed by atoms with Crippen LogP contribution in [-0.4, -0.2) is 40.4 Å². The Kier molecular flexibility index (Phi) is 6.61. The van der Waals surface area contributed by atoms with E-state index in [0.29, 0.717) is 19.3 Å². The van der Waals surface area contributed by atoms with E-state index in [9.17, 15) is 14.9 Å².